The molecule has 10 nitrogen and oxygen atoms in total. The van der Waals surface area contributed by atoms with Gasteiger partial charge in [0.15, 0.2) is 11.7 Å². The van der Waals surface area contributed by atoms with Crippen LogP contribution in [-0.4, -0.2) is 83.7 Å². The van der Waals surface area contributed by atoms with Crippen molar-refractivity contribution in [3.8, 4) is 0 Å². The van der Waals surface area contributed by atoms with Crippen LogP contribution in [0.25, 0.3) is 0 Å². The maximum atomic E-state index is 14.1. The first kappa shape index (κ1) is 36.9. The second-order valence-electron chi connectivity index (χ2n) is 17.1. The molecule has 1 aromatic heterocycles. The van der Waals surface area contributed by atoms with Crippen molar-refractivity contribution in [1.29, 1.82) is 0 Å². The lowest BCUT2D eigenvalue weighted by atomic mass is 9.42. The third kappa shape index (κ3) is 6.14. The molecule has 2 bridgehead atoms. The highest BCUT2D eigenvalue weighted by atomic mass is 33.1. The van der Waals surface area contributed by atoms with Crippen LogP contribution in [0.2, 0.25) is 0 Å². The average Bonchev–Trinajstić information content (AvgIpc) is 3.63. The molecule has 12 heteroatoms. The molecule has 272 valence electrons. The summed E-state index contributed by atoms with van der Waals surface area (Å²) in [6.07, 6.45) is 7.82. The van der Waals surface area contributed by atoms with Crippen molar-refractivity contribution >= 4 is 33.3 Å². The Hall–Kier alpha value is -1.83. The summed E-state index contributed by atoms with van der Waals surface area (Å²) in [7, 11) is 3.58. The van der Waals surface area contributed by atoms with E-state index in [-0.39, 0.29) is 65.6 Å². The molecule has 1 aliphatic heterocycles. The molecule has 0 radical (unpaired) electrons. The second kappa shape index (κ2) is 13.3. The van der Waals surface area contributed by atoms with E-state index in [0.29, 0.717) is 31.6 Å². The Bertz CT molecular complexity index is 1480. The molecule has 8 N–H and O–H groups in total. The van der Waals surface area contributed by atoms with E-state index in [1.807, 2.05) is 36.4 Å². The number of aliphatic imine (C=N–C) groups is 1. The summed E-state index contributed by atoms with van der Waals surface area (Å²) < 4.78 is 2.16. The number of rotatable bonds is 3. The van der Waals surface area contributed by atoms with Gasteiger partial charge in [-0.2, -0.15) is 0 Å². The number of fused-ring (bicyclic) bond motifs is 9. The minimum atomic E-state index is -1.33. The van der Waals surface area contributed by atoms with Crippen molar-refractivity contribution < 1.29 is 25.2 Å². The zero-order chi connectivity index (χ0) is 35.7. The number of aliphatic hydroxyl groups excluding tert-OH is 3. The Morgan fingerprint density at radius 1 is 1.06 bits per heavy atom. The van der Waals surface area contributed by atoms with Crippen molar-refractivity contribution in [2.45, 2.75) is 103 Å². The quantitative estimate of drug-likeness (QED) is 0.115. The van der Waals surface area contributed by atoms with E-state index in [1.54, 1.807) is 16.9 Å². The minimum Gasteiger partial charge on any atom is -0.393 e. The third-order valence-corrected chi connectivity index (χ3v) is 16.5. The van der Waals surface area contributed by atoms with Gasteiger partial charge in [-0.1, -0.05) is 68.4 Å². The van der Waals surface area contributed by atoms with E-state index >= 15 is 0 Å². The molecule has 6 rings (SSSR count). The van der Waals surface area contributed by atoms with E-state index in [4.69, 9.17) is 11.5 Å². The maximum absolute atomic E-state index is 14.1. The zero-order valence-electron chi connectivity index (χ0n) is 29.7. The van der Waals surface area contributed by atoms with Crippen LogP contribution in [0.5, 0.6) is 0 Å². The Labute approximate surface area is 299 Å². The van der Waals surface area contributed by atoms with E-state index in [0.717, 1.165) is 23.3 Å². The summed E-state index contributed by atoms with van der Waals surface area (Å²) in [4.78, 5) is 22.9. The Balaban J connectivity index is 1.45. The molecule has 1 saturated heterocycles. The summed E-state index contributed by atoms with van der Waals surface area (Å²) in [5.41, 5.74) is 10.6. The average molecular weight is 716 g/mol. The summed E-state index contributed by atoms with van der Waals surface area (Å²) in [5.74, 6) is 0.157. The fraction of sp³-hybridized carbons (Fsp3) is 0.757. The van der Waals surface area contributed by atoms with Gasteiger partial charge in [-0.3, -0.25) is 9.79 Å². The van der Waals surface area contributed by atoms with Crippen LogP contribution in [0.3, 0.4) is 0 Å². The van der Waals surface area contributed by atoms with Crippen molar-refractivity contribution in [2.24, 2.45) is 68.2 Å². The lowest BCUT2D eigenvalue weighted by Gasteiger charge is -2.63. The highest BCUT2D eigenvalue weighted by Gasteiger charge is 2.72. The largest absolute Gasteiger partial charge is 0.393 e. The van der Waals surface area contributed by atoms with E-state index in [2.05, 4.69) is 48.8 Å². The number of imidazole rings is 1. The van der Waals surface area contributed by atoms with Gasteiger partial charge in [0.1, 0.15) is 0 Å². The number of carbonyl (C=O) groups is 1. The molecule has 49 heavy (non-hydrogen) atoms. The molecule has 4 fully saturated rings. The highest BCUT2D eigenvalue weighted by molar-refractivity contribution is 8.76. The van der Waals surface area contributed by atoms with Crippen LogP contribution < -0.4 is 11.5 Å². The van der Waals surface area contributed by atoms with E-state index < -0.39 is 40.7 Å². The molecule has 1 aromatic rings. The first-order valence-electron chi connectivity index (χ1n) is 17.9. The lowest BCUT2D eigenvalue weighted by molar-refractivity contribution is -0.168. The summed E-state index contributed by atoms with van der Waals surface area (Å²) in [6.45, 7) is 15.6. The van der Waals surface area contributed by atoms with Crippen LogP contribution in [-0.2, 0) is 4.79 Å². The summed E-state index contributed by atoms with van der Waals surface area (Å²) in [5, 5.41) is 47.2. The zero-order valence-corrected chi connectivity index (χ0v) is 31.3. The third-order valence-electron chi connectivity index (χ3n) is 13.9. The van der Waals surface area contributed by atoms with Crippen molar-refractivity contribution in [2.75, 3.05) is 18.1 Å². The number of guanidine groups is 1. The topological polar surface area (TPSA) is 180 Å². The SMILES string of the molecule is C=C1CC(O)C(C)C2CC(CSSCC(n3ccnc3)CC1(C)C)C1(O)C3=CC(=O)C4CC(O)C(O)CC4(C)C3C(CN=C(N)N)CC21C. The second-order valence-corrected chi connectivity index (χ2v) is 19.7. The molecule has 5 aliphatic rings. The molecule has 4 aliphatic carbocycles. The maximum Gasteiger partial charge on any atom is 0.185 e. The predicted octanol–water partition coefficient (Wildman–Crippen LogP) is 4.11. The Morgan fingerprint density at radius 3 is 2.45 bits per heavy atom. The number of aliphatic hydroxyl groups is 4. The Morgan fingerprint density at radius 2 is 1.78 bits per heavy atom. The monoisotopic (exact) mass is 715 g/mol. The number of allylic oxidation sites excluding steroid dienone is 1. The van der Waals surface area contributed by atoms with Gasteiger partial charge in [0.25, 0.3) is 0 Å². The van der Waals surface area contributed by atoms with Crippen LogP contribution >= 0.6 is 21.6 Å². The standard InChI is InChI=1S/C37H57N5O5S2/c1-20-9-28(43)21(2)25-10-23(17-48-49-18-24(14-34(20,3)4)42-8-7-40-19-42)37(47)27-12-29(44)26-11-30(45)31(46)15-35(26,5)32(27)22(13-36(25,37)6)16-41-33(38)39/h7-8,12,19,21-26,28,30-32,43,45-47H,1,9-11,13-18H2,2-6H3,(H4,38,39,41). The van der Waals surface area contributed by atoms with Gasteiger partial charge in [0, 0.05) is 53.7 Å². The van der Waals surface area contributed by atoms with Gasteiger partial charge < -0.3 is 36.5 Å². The number of hydrogen-bond acceptors (Lipinski definition) is 9. The first-order chi connectivity index (χ1) is 22.9. The molecular formula is C37H57N5O5S2. The van der Waals surface area contributed by atoms with Gasteiger partial charge >= 0.3 is 0 Å². The van der Waals surface area contributed by atoms with Gasteiger partial charge in [0.05, 0.1) is 30.2 Å². The number of aromatic nitrogens is 2. The fourth-order valence-corrected chi connectivity index (χ4v) is 13.8. The van der Waals surface area contributed by atoms with E-state index in [9.17, 15) is 25.2 Å². The van der Waals surface area contributed by atoms with Gasteiger partial charge in [-0.15, -0.1) is 0 Å². The van der Waals surface area contributed by atoms with Gasteiger partial charge in [-0.25, -0.2) is 4.98 Å². The van der Waals surface area contributed by atoms with Crippen molar-refractivity contribution in [3.63, 3.8) is 0 Å². The minimum absolute atomic E-state index is 0.0112. The van der Waals surface area contributed by atoms with E-state index in [1.165, 1.54) is 0 Å². The molecule has 0 aromatic carbocycles. The summed E-state index contributed by atoms with van der Waals surface area (Å²) in [6, 6.07) is 0.174. The normalized spacial score (nSPS) is 45.7. The molecule has 0 amide bonds. The van der Waals surface area contributed by atoms with Crippen molar-refractivity contribution in [1.82, 2.24) is 9.55 Å². The number of nitrogens with two attached hydrogens (primary N) is 2. The first-order valence-corrected chi connectivity index (χ1v) is 20.4. The molecule has 13 atom stereocenters. The van der Waals surface area contributed by atoms with Crippen molar-refractivity contribution in [3.05, 3.63) is 42.5 Å². The Kier molecular flexibility index (Phi) is 10.0. The number of nitrogens with zero attached hydrogens (tertiary/aromatic N) is 3. The smallest absolute Gasteiger partial charge is 0.185 e. The van der Waals surface area contributed by atoms with Crippen LogP contribution in [0.4, 0.5) is 0 Å². The molecule has 3 saturated carbocycles. The molecule has 13 unspecified atom stereocenters. The predicted molar refractivity (Wildman–Crippen MR) is 196 cm³/mol. The molecular weight excluding hydrogens is 659 g/mol. The fourth-order valence-electron chi connectivity index (χ4n) is 11.1. The number of ketones is 1. The van der Waals surface area contributed by atoms with Crippen LogP contribution in [0, 0.1) is 51.8 Å². The number of carbonyl (C=O) groups excluding carboxylic acids is 1. The molecule has 0 spiro atoms. The van der Waals surface area contributed by atoms with Gasteiger partial charge in [-0.05, 0) is 84.7 Å². The van der Waals surface area contributed by atoms with Gasteiger partial charge in [0.2, 0.25) is 0 Å². The lowest BCUT2D eigenvalue weighted by Crippen LogP contribution is -2.65. The highest BCUT2D eigenvalue weighted by Crippen LogP contribution is 2.71. The number of hydrogen-bond donors (Lipinski definition) is 6. The van der Waals surface area contributed by atoms with Crippen LogP contribution in [0.15, 0.2) is 47.5 Å². The summed E-state index contributed by atoms with van der Waals surface area (Å²) >= 11 is 0. The molecule has 2 heterocycles. The van der Waals surface area contributed by atoms with Crippen LogP contribution in [0.1, 0.15) is 79.2 Å².